The molecule has 0 radical (unpaired) electrons. The molecule has 0 aliphatic carbocycles. The van der Waals surface area contributed by atoms with Gasteiger partial charge < -0.3 is 0 Å². The van der Waals surface area contributed by atoms with Gasteiger partial charge in [0.25, 0.3) is 11.6 Å². The minimum Gasteiger partial charge on any atom is -0.273 e. The minimum atomic E-state index is -0.452. The van der Waals surface area contributed by atoms with Crippen LogP contribution >= 0.6 is 11.3 Å². The van der Waals surface area contributed by atoms with Gasteiger partial charge in [0.05, 0.1) is 15.1 Å². The molecule has 3 aromatic rings. The summed E-state index contributed by atoms with van der Waals surface area (Å²) in [5.74, 6) is -0.270. The van der Waals surface area contributed by atoms with Crippen molar-refractivity contribution in [2.75, 3.05) is 5.43 Å². The summed E-state index contributed by atoms with van der Waals surface area (Å²) >= 11 is 1.23. The Morgan fingerprint density at radius 3 is 2.78 bits per heavy atom. The Morgan fingerprint density at radius 2 is 2.04 bits per heavy atom. The van der Waals surface area contributed by atoms with Crippen LogP contribution in [0.1, 0.15) is 15.9 Å². The number of non-ortho nitro benzene ring substituents is 1. The first-order valence-electron chi connectivity index (χ1n) is 6.71. The highest BCUT2D eigenvalue weighted by Gasteiger charge is 2.12. The number of nitrogens with zero attached hydrogens (tertiary/aromatic N) is 2. The summed E-state index contributed by atoms with van der Waals surface area (Å²) in [7, 11) is 0. The second-order valence-electron chi connectivity index (χ2n) is 4.82. The van der Waals surface area contributed by atoms with Gasteiger partial charge in [-0.15, -0.1) is 0 Å². The van der Waals surface area contributed by atoms with Crippen molar-refractivity contribution in [3.63, 3.8) is 0 Å². The zero-order valence-corrected chi connectivity index (χ0v) is 12.9. The second-order valence-corrected chi connectivity index (χ2v) is 5.85. The monoisotopic (exact) mass is 328 g/mol. The van der Waals surface area contributed by atoms with Gasteiger partial charge in [0.1, 0.15) is 0 Å². The number of hydrogen-bond donors (Lipinski definition) is 2. The Balaban J connectivity index is 1.76. The first-order chi connectivity index (χ1) is 11.0. The van der Waals surface area contributed by atoms with Crippen molar-refractivity contribution in [3.05, 3.63) is 63.7 Å². The third kappa shape index (κ3) is 3.11. The van der Waals surface area contributed by atoms with Gasteiger partial charge in [-0.05, 0) is 24.6 Å². The van der Waals surface area contributed by atoms with Gasteiger partial charge in [-0.3, -0.25) is 25.8 Å². The minimum absolute atomic E-state index is 0.0108. The van der Waals surface area contributed by atoms with E-state index in [2.05, 4.69) is 15.8 Å². The molecule has 0 saturated heterocycles. The van der Waals surface area contributed by atoms with Crippen molar-refractivity contribution in [1.29, 1.82) is 0 Å². The van der Waals surface area contributed by atoms with Crippen LogP contribution in [0.25, 0.3) is 10.2 Å². The summed E-state index contributed by atoms with van der Waals surface area (Å²) in [6.45, 7) is 1.85. The lowest BCUT2D eigenvalue weighted by molar-refractivity contribution is -0.384. The molecule has 1 aromatic heterocycles. The molecule has 0 bridgehead atoms. The van der Waals surface area contributed by atoms with E-state index in [0.717, 1.165) is 5.56 Å². The zero-order valence-electron chi connectivity index (χ0n) is 12.1. The quantitative estimate of drug-likeness (QED) is 0.566. The maximum Gasteiger partial charge on any atom is 0.270 e. The molecule has 0 aliphatic heterocycles. The lowest BCUT2D eigenvalue weighted by Gasteiger charge is -2.07. The van der Waals surface area contributed by atoms with Crippen LogP contribution < -0.4 is 10.9 Å². The molecule has 0 atom stereocenters. The van der Waals surface area contributed by atoms with Crippen molar-refractivity contribution in [2.45, 2.75) is 6.92 Å². The lowest BCUT2D eigenvalue weighted by Crippen LogP contribution is -2.29. The molecule has 1 amide bonds. The van der Waals surface area contributed by atoms with Crippen LogP contribution in [0.15, 0.2) is 42.5 Å². The number of rotatable bonds is 4. The molecule has 116 valence electrons. The van der Waals surface area contributed by atoms with Crippen LogP contribution in [0.4, 0.5) is 10.8 Å². The SMILES string of the molecule is Cc1ccccc1C(=O)NNc1nc2ccc([N+](=O)[O-])cc2s1. The van der Waals surface area contributed by atoms with Gasteiger partial charge in [0.2, 0.25) is 5.13 Å². The van der Waals surface area contributed by atoms with Gasteiger partial charge in [-0.2, -0.15) is 0 Å². The Bertz CT molecular complexity index is 907. The molecule has 0 saturated carbocycles. The number of carbonyl (C=O) groups is 1. The number of nitrogens with one attached hydrogen (secondary N) is 2. The number of carbonyl (C=O) groups excluding carboxylic acids is 1. The summed E-state index contributed by atoms with van der Waals surface area (Å²) < 4.78 is 0.673. The molecule has 2 N–H and O–H groups in total. The largest absolute Gasteiger partial charge is 0.273 e. The number of amides is 1. The topological polar surface area (TPSA) is 97.2 Å². The van der Waals surface area contributed by atoms with Crippen LogP contribution in [0.5, 0.6) is 0 Å². The van der Waals surface area contributed by atoms with E-state index in [1.165, 1.54) is 23.5 Å². The van der Waals surface area contributed by atoms with Crippen LogP contribution in [-0.4, -0.2) is 15.8 Å². The third-order valence-electron chi connectivity index (χ3n) is 3.26. The number of aryl methyl sites for hydroxylation is 1. The number of fused-ring (bicyclic) bond motifs is 1. The van der Waals surface area contributed by atoms with E-state index < -0.39 is 4.92 Å². The van der Waals surface area contributed by atoms with Gasteiger partial charge >= 0.3 is 0 Å². The maximum atomic E-state index is 12.1. The maximum absolute atomic E-state index is 12.1. The number of nitro groups is 1. The van der Waals surface area contributed by atoms with E-state index in [4.69, 9.17) is 0 Å². The van der Waals surface area contributed by atoms with Gasteiger partial charge in [0, 0.05) is 17.7 Å². The van der Waals surface area contributed by atoms with Crippen molar-refractivity contribution >= 4 is 38.3 Å². The first-order valence-corrected chi connectivity index (χ1v) is 7.53. The zero-order chi connectivity index (χ0) is 16.4. The summed E-state index contributed by atoms with van der Waals surface area (Å²) in [5.41, 5.74) is 7.40. The highest BCUT2D eigenvalue weighted by molar-refractivity contribution is 7.22. The molecule has 2 aromatic carbocycles. The van der Waals surface area contributed by atoms with Gasteiger partial charge in [-0.25, -0.2) is 4.98 Å². The molecule has 0 fully saturated rings. The number of benzene rings is 2. The predicted octanol–water partition coefficient (Wildman–Crippen LogP) is 3.27. The number of aromatic nitrogens is 1. The third-order valence-corrected chi connectivity index (χ3v) is 4.19. The van der Waals surface area contributed by atoms with E-state index in [-0.39, 0.29) is 11.6 Å². The average molecular weight is 328 g/mol. The van der Waals surface area contributed by atoms with Crippen molar-refractivity contribution in [3.8, 4) is 0 Å². The molecule has 0 aliphatic rings. The van der Waals surface area contributed by atoms with E-state index >= 15 is 0 Å². The van der Waals surface area contributed by atoms with E-state index in [9.17, 15) is 14.9 Å². The number of thiazole rings is 1. The Kier molecular flexibility index (Phi) is 3.90. The van der Waals surface area contributed by atoms with Crippen molar-refractivity contribution < 1.29 is 9.72 Å². The molecular weight excluding hydrogens is 316 g/mol. The molecule has 0 spiro atoms. The normalized spacial score (nSPS) is 10.5. The number of hydrazine groups is 1. The molecule has 8 heteroatoms. The number of nitro benzene ring substituents is 1. The summed E-state index contributed by atoms with van der Waals surface area (Å²) in [6, 6.07) is 11.7. The fraction of sp³-hybridized carbons (Fsp3) is 0.0667. The van der Waals surface area contributed by atoms with Crippen molar-refractivity contribution in [1.82, 2.24) is 10.4 Å². The van der Waals surface area contributed by atoms with E-state index in [1.807, 2.05) is 19.1 Å². The van der Waals surface area contributed by atoms with Crippen LogP contribution in [0, 0.1) is 17.0 Å². The summed E-state index contributed by atoms with van der Waals surface area (Å²) in [5, 5.41) is 11.2. The smallest absolute Gasteiger partial charge is 0.270 e. The van der Waals surface area contributed by atoms with Crippen LogP contribution in [0.3, 0.4) is 0 Å². The van der Waals surface area contributed by atoms with Crippen LogP contribution in [0.2, 0.25) is 0 Å². The lowest BCUT2D eigenvalue weighted by atomic mass is 10.1. The Morgan fingerprint density at radius 1 is 1.26 bits per heavy atom. The fourth-order valence-electron chi connectivity index (χ4n) is 2.09. The molecule has 0 unspecified atom stereocenters. The summed E-state index contributed by atoms with van der Waals surface area (Å²) in [6.07, 6.45) is 0. The Labute approximate surface area is 135 Å². The molecular formula is C15H12N4O3S. The highest BCUT2D eigenvalue weighted by atomic mass is 32.1. The van der Waals surface area contributed by atoms with Crippen LogP contribution in [-0.2, 0) is 0 Å². The van der Waals surface area contributed by atoms with E-state index in [0.29, 0.717) is 20.9 Å². The molecule has 23 heavy (non-hydrogen) atoms. The number of anilines is 1. The number of hydrogen-bond acceptors (Lipinski definition) is 6. The average Bonchev–Trinajstić information content (AvgIpc) is 2.95. The first kappa shape index (κ1) is 14.9. The molecule has 1 heterocycles. The fourth-order valence-corrected chi connectivity index (χ4v) is 2.94. The Hall–Kier alpha value is -3.00. The molecule has 3 rings (SSSR count). The van der Waals surface area contributed by atoms with Crippen molar-refractivity contribution in [2.24, 2.45) is 0 Å². The van der Waals surface area contributed by atoms with Gasteiger partial charge in [-0.1, -0.05) is 29.5 Å². The summed E-state index contributed by atoms with van der Waals surface area (Å²) in [4.78, 5) is 26.7. The standard InChI is InChI=1S/C15H12N4O3S/c1-9-4-2-3-5-11(9)14(20)17-18-15-16-12-7-6-10(19(21)22)8-13(12)23-15/h2-8H,1H3,(H,16,18)(H,17,20). The van der Waals surface area contributed by atoms with E-state index in [1.54, 1.807) is 18.2 Å². The highest BCUT2D eigenvalue weighted by Crippen LogP contribution is 2.28. The van der Waals surface area contributed by atoms with Gasteiger partial charge in [0.15, 0.2) is 0 Å². The predicted molar refractivity (Wildman–Crippen MR) is 88.5 cm³/mol. The molecule has 7 nitrogen and oxygen atoms in total. The second kappa shape index (κ2) is 6.01.